The Balaban J connectivity index is 2.12. The Morgan fingerprint density at radius 2 is 2.17 bits per heavy atom. The largest absolute Gasteiger partial charge is 0.484 e. The lowest BCUT2D eigenvalue weighted by Crippen LogP contribution is -2.06. The van der Waals surface area contributed by atoms with E-state index in [0.29, 0.717) is 21.8 Å². The molecule has 0 saturated carbocycles. The van der Waals surface area contributed by atoms with Crippen LogP contribution in [0.15, 0.2) is 15.7 Å². The van der Waals surface area contributed by atoms with E-state index >= 15 is 0 Å². The third-order valence-corrected chi connectivity index (χ3v) is 5.75. The van der Waals surface area contributed by atoms with Gasteiger partial charge in [0, 0.05) is 12.1 Å². The van der Waals surface area contributed by atoms with Gasteiger partial charge in [0.05, 0.1) is 10.2 Å². The first-order valence-electron chi connectivity index (χ1n) is 6.62. The summed E-state index contributed by atoms with van der Waals surface area (Å²) in [6.45, 7) is 4.04. The average molecular weight is 421 g/mol. The molecule has 6 nitrogen and oxygen atoms in total. The van der Waals surface area contributed by atoms with E-state index in [1.807, 2.05) is 19.9 Å². The van der Waals surface area contributed by atoms with Crippen LogP contribution < -0.4 is 4.74 Å². The van der Waals surface area contributed by atoms with Gasteiger partial charge in [0.2, 0.25) is 0 Å². The molecule has 0 fully saturated rings. The zero-order chi connectivity index (χ0) is 17.1. The Kier molecular flexibility index (Phi) is 5.94. The minimum absolute atomic E-state index is 0.0616. The van der Waals surface area contributed by atoms with E-state index in [1.54, 1.807) is 11.6 Å². The van der Waals surface area contributed by atoms with Crippen LogP contribution in [0, 0.1) is 13.8 Å². The monoisotopic (exact) mass is 419 g/mol. The van der Waals surface area contributed by atoms with E-state index < -0.39 is 5.97 Å². The van der Waals surface area contributed by atoms with Crippen LogP contribution in [0.5, 0.6) is 5.75 Å². The summed E-state index contributed by atoms with van der Waals surface area (Å²) < 4.78 is 8.33. The van der Waals surface area contributed by atoms with Crippen LogP contribution >= 0.6 is 39.3 Å². The molecule has 0 aliphatic heterocycles. The van der Waals surface area contributed by atoms with E-state index in [-0.39, 0.29) is 12.4 Å². The minimum atomic E-state index is -0.896. The van der Waals surface area contributed by atoms with Crippen molar-refractivity contribution < 1.29 is 14.6 Å². The third-order valence-electron chi connectivity index (χ3n) is 3.18. The number of hydrogen-bond donors (Lipinski definition) is 1. The van der Waals surface area contributed by atoms with Crippen molar-refractivity contribution in [3.63, 3.8) is 0 Å². The molecule has 9 heteroatoms. The second-order valence-corrected chi connectivity index (χ2v) is 6.99. The molecular formula is C14H15BrClN3O3S. The molecule has 1 heterocycles. The molecule has 23 heavy (non-hydrogen) atoms. The van der Waals surface area contributed by atoms with Gasteiger partial charge in [0.25, 0.3) is 0 Å². The number of benzene rings is 1. The third kappa shape index (κ3) is 4.19. The molecule has 2 aromatic rings. The Labute approximate surface area is 151 Å². The van der Waals surface area contributed by atoms with Gasteiger partial charge in [-0.25, -0.2) is 0 Å². The van der Waals surface area contributed by atoms with E-state index in [9.17, 15) is 4.79 Å². The molecule has 2 rings (SSSR count). The number of hydrogen-bond acceptors (Lipinski definition) is 5. The van der Waals surface area contributed by atoms with Gasteiger partial charge in [-0.05, 0) is 47.0 Å². The first-order valence-corrected chi connectivity index (χ1v) is 8.77. The number of ether oxygens (including phenoxy) is 1. The Morgan fingerprint density at radius 1 is 1.48 bits per heavy atom. The van der Waals surface area contributed by atoms with Crippen molar-refractivity contribution in [2.24, 2.45) is 7.05 Å². The molecule has 1 aromatic heterocycles. The van der Waals surface area contributed by atoms with Crippen LogP contribution in [-0.4, -0.2) is 31.6 Å². The van der Waals surface area contributed by atoms with Gasteiger partial charge in [0.15, 0.2) is 11.0 Å². The fraction of sp³-hybridized carbons (Fsp3) is 0.357. The second kappa shape index (κ2) is 7.55. The summed E-state index contributed by atoms with van der Waals surface area (Å²) in [5.41, 5.74) is 1.84. The van der Waals surface area contributed by atoms with Gasteiger partial charge in [-0.15, -0.1) is 10.2 Å². The first-order chi connectivity index (χ1) is 10.8. The number of thioether (sulfide) groups is 1. The summed E-state index contributed by atoms with van der Waals surface area (Å²) in [6.07, 6.45) is 0. The van der Waals surface area contributed by atoms with Crippen molar-refractivity contribution in [1.82, 2.24) is 14.8 Å². The van der Waals surface area contributed by atoms with E-state index in [1.165, 1.54) is 0 Å². The number of carbonyl (C=O) groups is 1. The number of halogens is 2. The summed E-state index contributed by atoms with van der Waals surface area (Å²) in [5.74, 6) is 0.322. The van der Waals surface area contributed by atoms with Gasteiger partial charge in [-0.1, -0.05) is 23.4 Å². The number of carboxylic acid groups (broad SMARTS) is 1. The van der Waals surface area contributed by atoms with Gasteiger partial charge >= 0.3 is 5.97 Å². The molecule has 0 unspecified atom stereocenters. The average Bonchev–Trinajstić information content (AvgIpc) is 2.86. The summed E-state index contributed by atoms with van der Waals surface area (Å²) in [6, 6.07) is 1.86. The fourth-order valence-corrected chi connectivity index (χ4v) is 3.21. The summed E-state index contributed by atoms with van der Waals surface area (Å²) >= 11 is 10.8. The normalized spacial score (nSPS) is 10.8. The van der Waals surface area contributed by atoms with Crippen LogP contribution in [0.25, 0.3) is 0 Å². The van der Waals surface area contributed by atoms with Crippen molar-refractivity contribution >= 4 is 45.3 Å². The summed E-state index contributed by atoms with van der Waals surface area (Å²) in [4.78, 5) is 10.6. The summed E-state index contributed by atoms with van der Waals surface area (Å²) in [7, 11) is 1.77. The minimum Gasteiger partial charge on any atom is -0.484 e. The van der Waals surface area contributed by atoms with Crippen molar-refractivity contribution in [3.05, 3.63) is 32.5 Å². The maximum absolute atomic E-state index is 10.6. The highest BCUT2D eigenvalue weighted by Gasteiger charge is 2.14. The van der Waals surface area contributed by atoms with Crippen molar-refractivity contribution in [2.75, 3.05) is 5.75 Å². The quantitative estimate of drug-likeness (QED) is 0.720. The molecule has 0 aliphatic carbocycles. The molecule has 0 spiro atoms. The van der Waals surface area contributed by atoms with Crippen molar-refractivity contribution in [1.29, 1.82) is 0 Å². The highest BCUT2D eigenvalue weighted by molar-refractivity contribution is 9.10. The number of rotatable bonds is 6. The Hall–Kier alpha value is -1.25. The topological polar surface area (TPSA) is 77.2 Å². The Morgan fingerprint density at radius 3 is 2.83 bits per heavy atom. The SMILES string of the molecule is Cc1cc(OCc2nnc(SCC(=O)O)n2C)c(Br)c(C)c1Cl. The zero-order valence-electron chi connectivity index (χ0n) is 12.8. The maximum atomic E-state index is 10.6. The number of nitrogens with zero attached hydrogens (tertiary/aromatic N) is 3. The van der Waals surface area contributed by atoms with Crippen LogP contribution in [0.2, 0.25) is 5.02 Å². The highest BCUT2D eigenvalue weighted by Crippen LogP contribution is 2.36. The fourth-order valence-electron chi connectivity index (χ4n) is 1.87. The molecule has 0 bridgehead atoms. The lowest BCUT2D eigenvalue weighted by atomic mass is 10.1. The van der Waals surface area contributed by atoms with E-state index in [0.717, 1.165) is 27.4 Å². The molecule has 124 valence electrons. The van der Waals surface area contributed by atoms with Crippen LogP contribution in [-0.2, 0) is 18.4 Å². The van der Waals surface area contributed by atoms with Crippen LogP contribution in [0.3, 0.4) is 0 Å². The van der Waals surface area contributed by atoms with Gasteiger partial charge in [0.1, 0.15) is 12.4 Å². The van der Waals surface area contributed by atoms with Crippen molar-refractivity contribution in [3.8, 4) is 5.75 Å². The highest BCUT2D eigenvalue weighted by atomic mass is 79.9. The summed E-state index contributed by atoms with van der Waals surface area (Å²) in [5, 5.41) is 18.0. The smallest absolute Gasteiger partial charge is 0.313 e. The standard InChI is InChI=1S/C14H15BrClN3O3S/c1-7-4-9(12(15)8(2)13(7)16)22-5-10-17-18-14(19(10)3)23-6-11(20)21/h4H,5-6H2,1-3H3,(H,20,21). The van der Waals surface area contributed by atoms with Crippen LogP contribution in [0.4, 0.5) is 0 Å². The number of aliphatic carboxylic acids is 1. The van der Waals surface area contributed by atoms with Gasteiger partial charge < -0.3 is 14.4 Å². The molecule has 0 saturated heterocycles. The number of aryl methyl sites for hydroxylation is 1. The zero-order valence-corrected chi connectivity index (χ0v) is 15.9. The molecule has 0 radical (unpaired) electrons. The second-order valence-electron chi connectivity index (χ2n) is 4.87. The van der Waals surface area contributed by atoms with Gasteiger partial charge in [-0.3, -0.25) is 4.79 Å². The Bertz CT molecular complexity index is 751. The lowest BCUT2D eigenvalue weighted by molar-refractivity contribution is -0.133. The lowest BCUT2D eigenvalue weighted by Gasteiger charge is -2.13. The van der Waals surface area contributed by atoms with E-state index in [2.05, 4.69) is 26.1 Å². The van der Waals surface area contributed by atoms with Gasteiger partial charge in [-0.2, -0.15) is 0 Å². The first kappa shape index (κ1) is 18.1. The predicted octanol–water partition coefficient (Wildman–Crippen LogP) is 3.60. The van der Waals surface area contributed by atoms with E-state index in [4.69, 9.17) is 21.4 Å². The molecule has 0 aliphatic rings. The maximum Gasteiger partial charge on any atom is 0.313 e. The predicted molar refractivity (Wildman–Crippen MR) is 92.3 cm³/mol. The molecular weight excluding hydrogens is 406 g/mol. The molecule has 0 atom stereocenters. The molecule has 1 aromatic carbocycles. The molecule has 1 N–H and O–H groups in total. The number of carboxylic acids is 1. The number of aromatic nitrogens is 3. The van der Waals surface area contributed by atoms with Crippen molar-refractivity contribution in [2.45, 2.75) is 25.6 Å². The molecule has 0 amide bonds. The van der Waals surface area contributed by atoms with Crippen LogP contribution in [0.1, 0.15) is 17.0 Å².